The van der Waals surface area contributed by atoms with Gasteiger partial charge in [-0.1, -0.05) is 0 Å². The van der Waals surface area contributed by atoms with Crippen LogP contribution in [0.2, 0.25) is 0 Å². The maximum absolute atomic E-state index is 9.71. The summed E-state index contributed by atoms with van der Waals surface area (Å²) in [7, 11) is 0. The Morgan fingerprint density at radius 2 is 0.778 bits per heavy atom. The molecule has 10 nitrogen and oxygen atoms in total. The fourth-order valence-electron chi connectivity index (χ4n) is 0.345. The second-order valence-electron chi connectivity index (χ2n) is 2.32. The Kier molecular flexibility index (Phi) is 7.86. The van der Waals surface area contributed by atoms with Crippen molar-refractivity contribution in [1.82, 2.24) is 0 Å². The van der Waals surface area contributed by atoms with Crippen molar-refractivity contribution in [2.45, 2.75) is 0 Å². The third-order valence-corrected chi connectivity index (χ3v) is 0.998. The fourth-order valence-corrected chi connectivity index (χ4v) is 0.345. The Balaban J connectivity index is 0. The molecule has 100 valence electrons. The number of hydrogen-bond acceptors (Lipinski definition) is 6. The van der Waals surface area contributed by atoms with E-state index in [2.05, 4.69) is 0 Å². The van der Waals surface area contributed by atoms with Crippen molar-refractivity contribution in [3.8, 4) is 0 Å². The third-order valence-electron chi connectivity index (χ3n) is 0.998. The topological polar surface area (TPSA) is 190 Å². The van der Waals surface area contributed by atoms with Crippen LogP contribution in [0, 0.1) is 0 Å². The minimum atomic E-state index is -1.89. The SMILES string of the molecule is O=C(O)C(O)=C(O)C(=O)O.O=C(O)C=CC(=O)O. The van der Waals surface area contributed by atoms with Gasteiger partial charge in [-0.3, -0.25) is 0 Å². The van der Waals surface area contributed by atoms with Crippen molar-refractivity contribution in [3.05, 3.63) is 23.7 Å². The van der Waals surface area contributed by atoms with Crippen LogP contribution >= 0.6 is 0 Å². The maximum Gasteiger partial charge on any atom is 0.375 e. The van der Waals surface area contributed by atoms with E-state index in [0.29, 0.717) is 12.2 Å². The molecule has 0 rings (SSSR count). The third kappa shape index (κ3) is 9.51. The molecule has 10 heteroatoms. The molecular weight excluding hydrogens is 256 g/mol. The molecule has 0 radical (unpaired) electrons. The van der Waals surface area contributed by atoms with E-state index in [1.54, 1.807) is 0 Å². The first-order valence-corrected chi connectivity index (χ1v) is 3.82. The maximum atomic E-state index is 9.71. The Hall–Kier alpha value is -3.04. The minimum absolute atomic E-state index is 0.558. The van der Waals surface area contributed by atoms with E-state index in [-0.39, 0.29) is 0 Å². The molecule has 18 heavy (non-hydrogen) atoms. The number of aliphatic hydroxyl groups is 2. The molecule has 6 N–H and O–H groups in total. The first-order chi connectivity index (χ1) is 8.09. The summed E-state index contributed by atoms with van der Waals surface area (Å²) in [5, 5.41) is 47.8. The quantitative estimate of drug-likeness (QED) is 0.276. The second-order valence-corrected chi connectivity index (χ2v) is 2.32. The lowest BCUT2D eigenvalue weighted by Crippen LogP contribution is -2.10. The van der Waals surface area contributed by atoms with Gasteiger partial charge < -0.3 is 30.6 Å². The molecule has 0 heterocycles. The normalized spacial score (nSPS) is 10.9. The summed E-state index contributed by atoms with van der Waals surface area (Å²) in [6.45, 7) is 0. The highest BCUT2D eigenvalue weighted by atomic mass is 16.4. The van der Waals surface area contributed by atoms with Crippen LogP contribution in [0.15, 0.2) is 23.7 Å². The number of hydrogen-bond donors (Lipinski definition) is 6. The van der Waals surface area contributed by atoms with Crippen LogP contribution in [-0.2, 0) is 19.2 Å². The standard InChI is InChI=1S/C4H4O6.C4H4O4/c5-1(3(7)8)2(6)4(9)10;5-3(6)1-2-4(7)8/h5-6H,(H,7,8)(H,9,10);1-2H,(H,5,6)(H,7,8). The molecule has 0 saturated carbocycles. The lowest BCUT2D eigenvalue weighted by molar-refractivity contribution is -0.140. The van der Waals surface area contributed by atoms with Crippen molar-refractivity contribution in [1.29, 1.82) is 0 Å². The molecule has 0 aromatic carbocycles. The van der Waals surface area contributed by atoms with E-state index in [0.717, 1.165) is 0 Å². The lowest BCUT2D eigenvalue weighted by atomic mass is 10.4. The van der Waals surface area contributed by atoms with Gasteiger partial charge in [0, 0.05) is 12.2 Å². The number of aliphatic carboxylic acids is 4. The Morgan fingerprint density at radius 1 is 0.556 bits per heavy atom. The number of carboxylic acid groups (broad SMARTS) is 4. The Morgan fingerprint density at radius 3 is 0.889 bits per heavy atom. The molecule has 0 atom stereocenters. The first-order valence-electron chi connectivity index (χ1n) is 3.82. The van der Waals surface area contributed by atoms with Crippen molar-refractivity contribution in [2.24, 2.45) is 0 Å². The smallest absolute Gasteiger partial charge is 0.375 e. The highest BCUT2D eigenvalue weighted by Crippen LogP contribution is 1.96. The molecule has 0 spiro atoms. The molecule has 0 fully saturated rings. The zero-order chi connectivity index (χ0) is 14.9. The summed E-state index contributed by atoms with van der Waals surface area (Å²) >= 11 is 0. The van der Waals surface area contributed by atoms with Crippen molar-refractivity contribution in [3.63, 3.8) is 0 Å². The first kappa shape index (κ1) is 17.4. The molecular formula is C8H8O10. The predicted octanol–water partition coefficient (Wildman–Crippen LogP) is -0.805. The van der Waals surface area contributed by atoms with E-state index in [1.807, 2.05) is 0 Å². The molecule has 0 unspecified atom stereocenters. The summed E-state index contributed by atoms with van der Waals surface area (Å²) in [5.41, 5.74) is 0. The van der Waals surface area contributed by atoms with Crippen LogP contribution in [0.5, 0.6) is 0 Å². The highest BCUT2D eigenvalue weighted by molar-refractivity contribution is 5.95. The minimum Gasteiger partial charge on any atom is -0.499 e. The van der Waals surface area contributed by atoms with E-state index in [4.69, 9.17) is 30.6 Å². The van der Waals surface area contributed by atoms with E-state index < -0.39 is 35.4 Å². The van der Waals surface area contributed by atoms with E-state index in [9.17, 15) is 19.2 Å². The van der Waals surface area contributed by atoms with Gasteiger partial charge in [0.15, 0.2) is 0 Å². The van der Waals surface area contributed by atoms with Crippen molar-refractivity contribution >= 4 is 23.9 Å². The molecule has 0 amide bonds. The zero-order valence-electron chi connectivity index (χ0n) is 8.47. The lowest BCUT2D eigenvalue weighted by Gasteiger charge is -1.92. The number of carboxylic acids is 4. The Labute approximate surface area is 98.3 Å². The van der Waals surface area contributed by atoms with Gasteiger partial charge in [-0.05, 0) is 0 Å². The van der Waals surface area contributed by atoms with Crippen LogP contribution < -0.4 is 0 Å². The van der Waals surface area contributed by atoms with Crippen molar-refractivity contribution in [2.75, 3.05) is 0 Å². The molecule has 0 aliphatic rings. The summed E-state index contributed by atoms with van der Waals surface area (Å²) < 4.78 is 0. The summed E-state index contributed by atoms with van der Waals surface area (Å²) in [4.78, 5) is 38.5. The van der Waals surface area contributed by atoms with Gasteiger partial charge in [-0.15, -0.1) is 0 Å². The zero-order valence-corrected chi connectivity index (χ0v) is 8.47. The van der Waals surface area contributed by atoms with Crippen LogP contribution in [0.1, 0.15) is 0 Å². The van der Waals surface area contributed by atoms with Gasteiger partial charge in [-0.2, -0.15) is 0 Å². The molecule has 0 aliphatic carbocycles. The molecule has 0 saturated heterocycles. The molecule has 0 bridgehead atoms. The van der Waals surface area contributed by atoms with Gasteiger partial charge in [0.05, 0.1) is 0 Å². The van der Waals surface area contributed by atoms with E-state index in [1.165, 1.54) is 0 Å². The van der Waals surface area contributed by atoms with Crippen LogP contribution in [0.4, 0.5) is 0 Å². The average molecular weight is 264 g/mol. The van der Waals surface area contributed by atoms with Gasteiger partial charge in [-0.25, -0.2) is 19.2 Å². The monoisotopic (exact) mass is 264 g/mol. The highest BCUT2D eigenvalue weighted by Gasteiger charge is 2.17. The molecule has 0 aliphatic heterocycles. The van der Waals surface area contributed by atoms with Crippen LogP contribution in [-0.4, -0.2) is 54.5 Å². The number of carbonyl (C=O) groups is 4. The van der Waals surface area contributed by atoms with Crippen LogP contribution in [0.25, 0.3) is 0 Å². The fraction of sp³-hybridized carbons (Fsp3) is 0. The van der Waals surface area contributed by atoms with Gasteiger partial charge in [0.25, 0.3) is 11.5 Å². The Bertz CT molecular complexity index is 378. The largest absolute Gasteiger partial charge is 0.499 e. The summed E-state index contributed by atoms with van der Waals surface area (Å²) in [6.07, 6.45) is 1.12. The van der Waals surface area contributed by atoms with E-state index >= 15 is 0 Å². The molecule has 0 aromatic heterocycles. The van der Waals surface area contributed by atoms with Gasteiger partial charge in [0.1, 0.15) is 0 Å². The number of aliphatic hydroxyl groups excluding tert-OH is 2. The van der Waals surface area contributed by atoms with Crippen LogP contribution in [0.3, 0.4) is 0 Å². The van der Waals surface area contributed by atoms with Crippen molar-refractivity contribution < 1.29 is 49.8 Å². The second kappa shape index (κ2) is 8.15. The van der Waals surface area contributed by atoms with Gasteiger partial charge in [0.2, 0.25) is 0 Å². The van der Waals surface area contributed by atoms with Gasteiger partial charge >= 0.3 is 23.9 Å². The molecule has 0 aromatic rings. The predicted molar refractivity (Wildman–Crippen MR) is 52.0 cm³/mol. The summed E-state index contributed by atoms with van der Waals surface area (Å²) in [6, 6.07) is 0. The average Bonchev–Trinajstić information content (AvgIpc) is 2.24. The number of rotatable bonds is 4. The summed E-state index contributed by atoms with van der Waals surface area (Å²) in [5.74, 6) is -9.44.